The summed E-state index contributed by atoms with van der Waals surface area (Å²) in [5, 5.41) is 9.90. The fraction of sp³-hybridized carbons (Fsp3) is 0.571. The lowest BCUT2D eigenvalue weighted by Crippen LogP contribution is -2.05. The highest BCUT2D eigenvalue weighted by Gasteiger charge is 2.14. The highest BCUT2D eigenvalue weighted by molar-refractivity contribution is 5.38. The van der Waals surface area contributed by atoms with Gasteiger partial charge in [-0.25, -0.2) is 0 Å². The van der Waals surface area contributed by atoms with E-state index in [0.29, 0.717) is 11.7 Å². The third kappa shape index (κ3) is 3.53. The second-order valence-electron chi connectivity index (χ2n) is 4.48. The zero-order chi connectivity index (χ0) is 12.0. The average Bonchev–Trinajstić information content (AvgIpc) is 2.28. The van der Waals surface area contributed by atoms with Gasteiger partial charge in [-0.3, -0.25) is 0 Å². The molecular formula is C14H23NO. The maximum atomic E-state index is 9.90. The number of rotatable bonds is 6. The molecule has 0 saturated carbocycles. The Labute approximate surface area is 98.5 Å². The Hall–Kier alpha value is -1.02. The Morgan fingerprint density at radius 2 is 2.06 bits per heavy atom. The first-order valence-electron chi connectivity index (χ1n) is 6.18. The second-order valence-corrected chi connectivity index (χ2v) is 4.48. The van der Waals surface area contributed by atoms with Gasteiger partial charge >= 0.3 is 0 Å². The number of aryl methyl sites for hydroxylation is 1. The number of phenolic OH excluding ortho intramolecular Hbond substituents is 1. The van der Waals surface area contributed by atoms with Crippen molar-refractivity contribution in [1.29, 1.82) is 0 Å². The zero-order valence-corrected chi connectivity index (χ0v) is 10.4. The Bertz CT molecular complexity index is 323. The molecule has 1 aromatic carbocycles. The van der Waals surface area contributed by atoms with Crippen molar-refractivity contribution in [1.82, 2.24) is 0 Å². The molecule has 0 fully saturated rings. The quantitative estimate of drug-likeness (QED) is 0.774. The first-order valence-corrected chi connectivity index (χ1v) is 6.18. The molecule has 2 heteroatoms. The number of aromatic hydroxyl groups is 1. The Morgan fingerprint density at radius 3 is 2.69 bits per heavy atom. The molecule has 1 aromatic rings. The predicted octanol–water partition coefficient (Wildman–Crippen LogP) is 3.32. The van der Waals surface area contributed by atoms with Gasteiger partial charge in [0, 0.05) is 0 Å². The van der Waals surface area contributed by atoms with Crippen LogP contribution >= 0.6 is 0 Å². The summed E-state index contributed by atoms with van der Waals surface area (Å²) >= 11 is 0. The molecule has 3 N–H and O–H groups in total. The highest BCUT2D eigenvalue weighted by Crippen LogP contribution is 2.33. The summed E-state index contributed by atoms with van der Waals surface area (Å²) in [5.41, 5.74) is 7.86. The largest absolute Gasteiger partial charge is 0.508 e. The summed E-state index contributed by atoms with van der Waals surface area (Å²) in [6, 6.07) is 5.85. The number of hydrogen-bond donors (Lipinski definition) is 2. The lowest BCUT2D eigenvalue weighted by molar-refractivity contribution is 0.449. The van der Waals surface area contributed by atoms with Gasteiger partial charge in [0.1, 0.15) is 5.75 Å². The van der Waals surface area contributed by atoms with Crippen molar-refractivity contribution in [2.24, 2.45) is 5.73 Å². The van der Waals surface area contributed by atoms with E-state index in [4.69, 9.17) is 5.73 Å². The van der Waals surface area contributed by atoms with Crippen LogP contribution in [-0.4, -0.2) is 11.7 Å². The number of phenols is 1. The Balaban J connectivity index is 2.85. The molecule has 1 unspecified atom stereocenters. The van der Waals surface area contributed by atoms with Crippen molar-refractivity contribution < 1.29 is 5.11 Å². The van der Waals surface area contributed by atoms with Gasteiger partial charge in [0.05, 0.1) is 0 Å². The van der Waals surface area contributed by atoms with Gasteiger partial charge in [0.2, 0.25) is 0 Å². The van der Waals surface area contributed by atoms with Crippen LogP contribution in [0.25, 0.3) is 0 Å². The molecule has 0 aliphatic rings. The van der Waals surface area contributed by atoms with Gasteiger partial charge in [-0.15, -0.1) is 0 Å². The van der Waals surface area contributed by atoms with Crippen molar-refractivity contribution in [2.45, 2.75) is 45.4 Å². The minimum atomic E-state index is 0.432. The molecule has 90 valence electrons. The minimum absolute atomic E-state index is 0.432. The van der Waals surface area contributed by atoms with Crippen molar-refractivity contribution in [3.8, 4) is 5.75 Å². The summed E-state index contributed by atoms with van der Waals surface area (Å²) in [4.78, 5) is 0. The monoisotopic (exact) mass is 221 g/mol. The summed E-state index contributed by atoms with van der Waals surface area (Å²) in [6.45, 7) is 4.98. The van der Waals surface area contributed by atoms with E-state index in [0.717, 1.165) is 37.8 Å². The first-order chi connectivity index (χ1) is 7.69. The summed E-state index contributed by atoms with van der Waals surface area (Å²) in [7, 11) is 0. The van der Waals surface area contributed by atoms with Crippen molar-refractivity contribution in [3.63, 3.8) is 0 Å². The van der Waals surface area contributed by atoms with Gasteiger partial charge in [-0.1, -0.05) is 31.0 Å². The first kappa shape index (κ1) is 13.0. The van der Waals surface area contributed by atoms with Gasteiger partial charge in [-0.05, 0) is 50.3 Å². The van der Waals surface area contributed by atoms with Crippen LogP contribution < -0.4 is 5.73 Å². The van der Waals surface area contributed by atoms with Crippen molar-refractivity contribution >= 4 is 0 Å². The van der Waals surface area contributed by atoms with Crippen LogP contribution in [0.1, 0.15) is 49.7 Å². The lowest BCUT2D eigenvalue weighted by atomic mass is 9.88. The van der Waals surface area contributed by atoms with E-state index in [2.05, 4.69) is 19.9 Å². The maximum Gasteiger partial charge on any atom is 0.119 e. The Morgan fingerprint density at radius 1 is 1.31 bits per heavy atom. The molecular weight excluding hydrogens is 198 g/mol. The molecule has 1 rings (SSSR count). The molecule has 0 saturated heterocycles. The number of hydrogen-bond acceptors (Lipinski definition) is 2. The van der Waals surface area contributed by atoms with Crippen LogP contribution in [0, 0.1) is 6.92 Å². The van der Waals surface area contributed by atoms with E-state index in [1.54, 1.807) is 6.07 Å². The van der Waals surface area contributed by atoms with Gasteiger partial charge in [0.15, 0.2) is 0 Å². The van der Waals surface area contributed by atoms with Crippen LogP contribution in [-0.2, 0) is 0 Å². The topological polar surface area (TPSA) is 46.2 Å². The van der Waals surface area contributed by atoms with E-state index < -0.39 is 0 Å². The zero-order valence-electron chi connectivity index (χ0n) is 10.4. The lowest BCUT2D eigenvalue weighted by Gasteiger charge is -2.18. The number of benzene rings is 1. The molecule has 0 aliphatic carbocycles. The van der Waals surface area contributed by atoms with E-state index in [1.165, 1.54) is 5.56 Å². The van der Waals surface area contributed by atoms with Crippen LogP contribution in [0.15, 0.2) is 18.2 Å². The molecule has 1 atom stereocenters. The molecule has 0 aliphatic heterocycles. The highest BCUT2D eigenvalue weighted by atomic mass is 16.3. The SMILES string of the molecule is CCCC(CCCN)c1cc(C)ccc1O. The fourth-order valence-electron chi connectivity index (χ4n) is 2.17. The molecule has 0 aromatic heterocycles. The summed E-state index contributed by atoms with van der Waals surface area (Å²) in [5.74, 6) is 0.884. The molecule has 16 heavy (non-hydrogen) atoms. The maximum absolute atomic E-state index is 9.90. The van der Waals surface area contributed by atoms with Crippen molar-refractivity contribution in [3.05, 3.63) is 29.3 Å². The van der Waals surface area contributed by atoms with Crippen LogP contribution in [0.3, 0.4) is 0 Å². The molecule has 0 radical (unpaired) electrons. The third-order valence-electron chi connectivity index (χ3n) is 3.02. The van der Waals surface area contributed by atoms with Gasteiger partial charge < -0.3 is 10.8 Å². The van der Waals surface area contributed by atoms with Gasteiger partial charge in [0.25, 0.3) is 0 Å². The van der Waals surface area contributed by atoms with E-state index >= 15 is 0 Å². The number of nitrogens with two attached hydrogens (primary N) is 1. The van der Waals surface area contributed by atoms with Crippen LogP contribution in [0.4, 0.5) is 0 Å². The second kappa shape index (κ2) is 6.54. The van der Waals surface area contributed by atoms with Crippen LogP contribution in [0.5, 0.6) is 5.75 Å². The van der Waals surface area contributed by atoms with Crippen LogP contribution in [0.2, 0.25) is 0 Å². The normalized spacial score (nSPS) is 12.7. The van der Waals surface area contributed by atoms with Gasteiger partial charge in [-0.2, -0.15) is 0 Å². The summed E-state index contributed by atoms with van der Waals surface area (Å²) < 4.78 is 0. The molecule has 0 bridgehead atoms. The predicted molar refractivity (Wildman–Crippen MR) is 68.8 cm³/mol. The van der Waals surface area contributed by atoms with E-state index in [-0.39, 0.29) is 0 Å². The Kier molecular flexibility index (Phi) is 5.33. The molecule has 2 nitrogen and oxygen atoms in total. The molecule has 0 amide bonds. The fourth-order valence-corrected chi connectivity index (χ4v) is 2.17. The molecule has 0 heterocycles. The average molecular weight is 221 g/mol. The van der Waals surface area contributed by atoms with Crippen molar-refractivity contribution in [2.75, 3.05) is 6.54 Å². The minimum Gasteiger partial charge on any atom is -0.508 e. The molecule has 0 spiro atoms. The van der Waals surface area contributed by atoms with E-state index in [9.17, 15) is 5.11 Å². The smallest absolute Gasteiger partial charge is 0.119 e. The summed E-state index contributed by atoms with van der Waals surface area (Å²) in [6.07, 6.45) is 4.36. The third-order valence-corrected chi connectivity index (χ3v) is 3.02. The standard InChI is InChI=1S/C14H23NO/c1-3-5-12(6-4-9-15)13-10-11(2)7-8-14(13)16/h7-8,10,12,16H,3-6,9,15H2,1-2H3. The van der Waals surface area contributed by atoms with E-state index in [1.807, 2.05) is 6.07 Å².